The first-order valence-electron chi connectivity index (χ1n) is 5.25. The number of anilines is 1. The second-order valence-electron chi connectivity index (χ2n) is 4.01. The van der Waals surface area contributed by atoms with Gasteiger partial charge in [-0.3, -0.25) is 9.78 Å². The van der Waals surface area contributed by atoms with E-state index in [-0.39, 0.29) is 12.3 Å². The molecule has 0 saturated heterocycles. The summed E-state index contributed by atoms with van der Waals surface area (Å²) in [6, 6.07) is 0. The van der Waals surface area contributed by atoms with Gasteiger partial charge in [0.15, 0.2) is 0 Å². The maximum absolute atomic E-state index is 10.5. The standard InChI is InChI=1S/C11H17N3O2/c1-7(4-11(15)16)5-13-10-6-12-8(2)9(3)14-10/h6-7H,4-5H2,1-3H3,(H,13,14)(H,15,16). The fourth-order valence-corrected chi connectivity index (χ4v) is 1.28. The Morgan fingerprint density at radius 1 is 1.50 bits per heavy atom. The van der Waals surface area contributed by atoms with Crippen LogP contribution in [-0.4, -0.2) is 27.6 Å². The van der Waals surface area contributed by atoms with Crippen LogP contribution in [0.25, 0.3) is 0 Å². The van der Waals surface area contributed by atoms with Crippen LogP contribution in [-0.2, 0) is 4.79 Å². The van der Waals surface area contributed by atoms with E-state index in [1.165, 1.54) is 0 Å². The van der Waals surface area contributed by atoms with E-state index in [9.17, 15) is 4.79 Å². The minimum atomic E-state index is -0.777. The van der Waals surface area contributed by atoms with E-state index in [4.69, 9.17) is 5.11 Å². The molecule has 1 heterocycles. The van der Waals surface area contributed by atoms with Crippen LogP contribution in [0.15, 0.2) is 6.20 Å². The van der Waals surface area contributed by atoms with Gasteiger partial charge in [0.2, 0.25) is 0 Å². The van der Waals surface area contributed by atoms with Crippen molar-refractivity contribution in [1.29, 1.82) is 0 Å². The van der Waals surface area contributed by atoms with Gasteiger partial charge in [0.05, 0.1) is 17.6 Å². The quantitative estimate of drug-likeness (QED) is 0.793. The molecule has 5 nitrogen and oxygen atoms in total. The zero-order valence-corrected chi connectivity index (χ0v) is 9.82. The van der Waals surface area contributed by atoms with E-state index >= 15 is 0 Å². The van der Waals surface area contributed by atoms with E-state index in [1.54, 1.807) is 6.20 Å². The lowest BCUT2D eigenvalue weighted by atomic mass is 10.1. The number of aryl methyl sites for hydroxylation is 2. The van der Waals surface area contributed by atoms with Gasteiger partial charge >= 0.3 is 5.97 Å². The summed E-state index contributed by atoms with van der Waals surface area (Å²) in [4.78, 5) is 18.9. The Morgan fingerprint density at radius 2 is 2.19 bits per heavy atom. The summed E-state index contributed by atoms with van der Waals surface area (Å²) in [5.41, 5.74) is 1.79. The summed E-state index contributed by atoms with van der Waals surface area (Å²) in [6.45, 7) is 6.27. The summed E-state index contributed by atoms with van der Waals surface area (Å²) in [7, 11) is 0. The van der Waals surface area contributed by atoms with Crippen molar-refractivity contribution in [2.45, 2.75) is 27.2 Å². The number of rotatable bonds is 5. The molecular formula is C11H17N3O2. The Morgan fingerprint density at radius 3 is 2.75 bits per heavy atom. The number of carboxylic acids is 1. The predicted octanol–water partition coefficient (Wildman–Crippen LogP) is 1.62. The minimum Gasteiger partial charge on any atom is -0.481 e. The van der Waals surface area contributed by atoms with Crippen molar-refractivity contribution >= 4 is 11.8 Å². The van der Waals surface area contributed by atoms with Gasteiger partial charge in [0, 0.05) is 13.0 Å². The van der Waals surface area contributed by atoms with Gasteiger partial charge in [-0.25, -0.2) is 4.98 Å². The molecule has 0 saturated carbocycles. The van der Waals surface area contributed by atoms with Gasteiger partial charge in [0.25, 0.3) is 0 Å². The first-order valence-corrected chi connectivity index (χ1v) is 5.25. The monoisotopic (exact) mass is 223 g/mol. The number of carboxylic acid groups (broad SMARTS) is 1. The molecule has 0 aliphatic heterocycles. The number of hydrogen-bond acceptors (Lipinski definition) is 4. The Labute approximate surface area is 94.9 Å². The molecule has 1 aromatic heterocycles. The second kappa shape index (κ2) is 5.44. The lowest BCUT2D eigenvalue weighted by Crippen LogP contribution is -2.16. The number of aliphatic carboxylic acids is 1. The van der Waals surface area contributed by atoms with E-state index < -0.39 is 5.97 Å². The molecule has 0 spiro atoms. The van der Waals surface area contributed by atoms with E-state index in [0.717, 1.165) is 11.4 Å². The SMILES string of the molecule is Cc1ncc(NCC(C)CC(=O)O)nc1C. The summed E-state index contributed by atoms with van der Waals surface area (Å²) in [5.74, 6) is -0.0123. The van der Waals surface area contributed by atoms with E-state index in [1.807, 2.05) is 20.8 Å². The Kier molecular flexibility index (Phi) is 4.22. The smallest absolute Gasteiger partial charge is 0.303 e. The molecule has 2 N–H and O–H groups in total. The van der Waals surface area contributed by atoms with Crippen LogP contribution in [0.3, 0.4) is 0 Å². The average Bonchev–Trinajstić information content (AvgIpc) is 2.19. The summed E-state index contributed by atoms with van der Waals surface area (Å²) >= 11 is 0. The molecule has 0 amide bonds. The minimum absolute atomic E-state index is 0.0703. The first kappa shape index (κ1) is 12.4. The number of nitrogens with zero attached hydrogens (tertiary/aromatic N) is 2. The molecule has 0 aliphatic carbocycles. The lowest BCUT2D eigenvalue weighted by Gasteiger charge is -2.11. The molecule has 1 rings (SSSR count). The highest BCUT2D eigenvalue weighted by Crippen LogP contribution is 2.08. The molecule has 0 radical (unpaired) electrons. The van der Waals surface area contributed by atoms with Crippen molar-refractivity contribution in [1.82, 2.24) is 9.97 Å². The van der Waals surface area contributed by atoms with Gasteiger partial charge < -0.3 is 10.4 Å². The molecule has 1 atom stereocenters. The summed E-state index contributed by atoms with van der Waals surface area (Å²) in [5, 5.41) is 11.7. The highest BCUT2D eigenvalue weighted by Gasteiger charge is 2.07. The Bertz CT molecular complexity index is 379. The van der Waals surface area contributed by atoms with E-state index in [0.29, 0.717) is 12.4 Å². The molecular weight excluding hydrogens is 206 g/mol. The normalized spacial score (nSPS) is 12.2. The first-order chi connectivity index (χ1) is 7.49. The molecule has 0 bridgehead atoms. The van der Waals surface area contributed by atoms with Crippen molar-refractivity contribution < 1.29 is 9.90 Å². The number of nitrogens with one attached hydrogen (secondary N) is 1. The van der Waals surface area contributed by atoms with Crippen molar-refractivity contribution in [2.75, 3.05) is 11.9 Å². The molecule has 0 fully saturated rings. The van der Waals surface area contributed by atoms with Crippen molar-refractivity contribution in [3.8, 4) is 0 Å². The van der Waals surface area contributed by atoms with Crippen LogP contribution >= 0.6 is 0 Å². The van der Waals surface area contributed by atoms with Crippen molar-refractivity contribution in [3.63, 3.8) is 0 Å². The van der Waals surface area contributed by atoms with Gasteiger partial charge in [-0.1, -0.05) is 6.92 Å². The molecule has 1 unspecified atom stereocenters. The van der Waals surface area contributed by atoms with Crippen LogP contribution in [0.4, 0.5) is 5.82 Å². The maximum Gasteiger partial charge on any atom is 0.303 e. The third-order valence-electron chi connectivity index (χ3n) is 2.35. The van der Waals surface area contributed by atoms with Crippen LogP contribution in [0, 0.1) is 19.8 Å². The molecule has 5 heteroatoms. The molecule has 0 aromatic carbocycles. The number of aromatic nitrogens is 2. The zero-order valence-electron chi connectivity index (χ0n) is 9.82. The second-order valence-corrected chi connectivity index (χ2v) is 4.01. The van der Waals surface area contributed by atoms with E-state index in [2.05, 4.69) is 15.3 Å². The van der Waals surface area contributed by atoms with Crippen molar-refractivity contribution in [3.05, 3.63) is 17.6 Å². The van der Waals surface area contributed by atoms with Crippen molar-refractivity contribution in [2.24, 2.45) is 5.92 Å². The number of carbonyl (C=O) groups is 1. The van der Waals surface area contributed by atoms with Crippen LogP contribution in [0.2, 0.25) is 0 Å². The zero-order chi connectivity index (χ0) is 12.1. The molecule has 1 aromatic rings. The van der Waals surface area contributed by atoms with Gasteiger partial charge in [-0.05, 0) is 19.8 Å². The summed E-state index contributed by atoms with van der Waals surface area (Å²) < 4.78 is 0. The van der Waals surface area contributed by atoms with Gasteiger partial charge in [-0.2, -0.15) is 0 Å². The molecule has 88 valence electrons. The van der Waals surface area contributed by atoms with Crippen LogP contribution in [0.1, 0.15) is 24.7 Å². The van der Waals surface area contributed by atoms with Gasteiger partial charge in [0.1, 0.15) is 5.82 Å². The molecule has 0 aliphatic rings. The number of hydrogen-bond donors (Lipinski definition) is 2. The highest BCUT2D eigenvalue weighted by atomic mass is 16.4. The highest BCUT2D eigenvalue weighted by molar-refractivity contribution is 5.67. The molecule has 16 heavy (non-hydrogen) atoms. The lowest BCUT2D eigenvalue weighted by molar-refractivity contribution is -0.137. The fourth-order valence-electron chi connectivity index (χ4n) is 1.28. The third kappa shape index (κ3) is 3.84. The van der Waals surface area contributed by atoms with Crippen LogP contribution in [0.5, 0.6) is 0 Å². The largest absolute Gasteiger partial charge is 0.481 e. The van der Waals surface area contributed by atoms with Gasteiger partial charge in [-0.15, -0.1) is 0 Å². The Hall–Kier alpha value is -1.65. The summed E-state index contributed by atoms with van der Waals surface area (Å²) in [6.07, 6.45) is 1.82. The third-order valence-corrected chi connectivity index (χ3v) is 2.35. The maximum atomic E-state index is 10.5. The van der Waals surface area contributed by atoms with Crippen LogP contribution < -0.4 is 5.32 Å². The topological polar surface area (TPSA) is 75.1 Å². The predicted molar refractivity (Wildman–Crippen MR) is 61.4 cm³/mol. The Balaban J connectivity index is 2.48. The average molecular weight is 223 g/mol. The fraction of sp³-hybridized carbons (Fsp3) is 0.545.